The zero-order valence-corrected chi connectivity index (χ0v) is 16.4. The average Bonchev–Trinajstić information content (AvgIpc) is 3.39. The van der Waals surface area contributed by atoms with Crippen LogP contribution in [0.1, 0.15) is 29.6 Å². The number of hydrogen-bond acceptors (Lipinski definition) is 6. The van der Waals surface area contributed by atoms with Crippen molar-refractivity contribution < 1.29 is 18.8 Å². The maximum Gasteiger partial charge on any atom is 0.258 e. The van der Waals surface area contributed by atoms with Crippen molar-refractivity contribution in [2.75, 3.05) is 13.2 Å². The van der Waals surface area contributed by atoms with Crippen LogP contribution >= 0.6 is 0 Å². The fourth-order valence-electron chi connectivity index (χ4n) is 3.30. The summed E-state index contributed by atoms with van der Waals surface area (Å²) in [5, 5.41) is 6.68. The molecule has 1 atom stereocenters. The number of nitrogens with zero attached hydrogens (tertiary/aromatic N) is 3. The van der Waals surface area contributed by atoms with Gasteiger partial charge in [-0.05, 0) is 17.7 Å². The number of para-hydroxylation sites is 1. The first kappa shape index (κ1) is 19.6. The molecule has 0 bridgehead atoms. The molecular formula is C22H22N4O4. The zero-order chi connectivity index (χ0) is 20.8. The second-order valence-electron chi connectivity index (χ2n) is 7.09. The molecule has 0 unspecified atom stereocenters. The number of nitrogens with one attached hydrogen (secondary N) is 1. The van der Waals surface area contributed by atoms with Crippen molar-refractivity contribution in [3.8, 4) is 5.75 Å². The highest BCUT2D eigenvalue weighted by Crippen LogP contribution is 2.27. The molecule has 2 heterocycles. The van der Waals surface area contributed by atoms with E-state index < -0.39 is 0 Å². The van der Waals surface area contributed by atoms with E-state index in [9.17, 15) is 9.59 Å². The lowest BCUT2D eigenvalue weighted by atomic mass is 10.1. The Hall–Kier alpha value is -3.68. The smallest absolute Gasteiger partial charge is 0.258 e. The average molecular weight is 406 g/mol. The van der Waals surface area contributed by atoms with E-state index in [4.69, 9.17) is 9.26 Å². The molecule has 1 aliphatic heterocycles. The number of rotatable bonds is 8. The molecule has 2 amide bonds. The van der Waals surface area contributed by atoms with Gasteiger partial charge in [0, 0.05) is 25.4 Å². The molecule has 2 aromatic carbocycles. The third-order valence-electron chi connectivity index (χ3n) is 4.83. The number of carbonyl (C=O) groups excluding carboxylic acids is 2. The Labute approximate surface area is 173 Å². The van der Waals surface area contributed by atoms with Gasteiger partial charge in [-0.1, -0.05) is 53.7 Å². The number of hydrogen-bond donors (Lipinski definition) is 1. The molecule has 8 heteroatoms. The van der Waals surface area contributed by atoms with Gasteiger partial charge in [-0.15, -0.1) is 0 Å². The van der Waals surface area contributed by atoms with Crippen molar-refractivity contribution >= 4 is 11.8 Å². The minimum atomic E-state index is -0.288. The van der Waals surface area contributed by atoms with Gasteiger partial charge in [0.15, 0.2) is 12.4 Å². The molecule has 0 spiro atoms. The van der Waals surface area contributed by atoms with Gasteiger partial charge in [0.05, 0.1) is 6.54 Å². The lowest BCUT2D eigenvalue weighted by Gasteiger charge is -2.15. The summed E-state index contributed by atoms with van der Waals surface area (Å²) in [6.07, 6.45) is 0.350. The molecule has 30 heavy (non-hydrogen) atoms. The summed E-state index contributed by atoms with van der Waals surface area (Å²) in [5.74, 6) is 1.08. The maximum absolute atomic E-state index is 12.3. The van der Waals surface area contributed by atoms with Gasteiger partial charge in [0.1, 0.15) is 5.75 Å². The van der Waals surface area contributed by atoms with Crippen LogP contribution in [0.4, 0.5) is 0 Å². The lowest BCUT2D eigenvalue weighted by Crippen LogP contribution is -2.28. The van der Waals surface area contributed by atoms with Crippen LogP contribution in [-0.2, 0) is 22.7 Å². The van der Waals surface area contributed by atoms with Gasteiger partial charge in [-0.2, -0.15) is 4.98 Å². The van der Waals surface area contributed by atoms with Crippen LogP contribution in [0, 0.1) is 0 Å². The Bertz CT molecular complexity index is 991. The molecule has 1 aromatic heterocycles. The van der Waals surface area contributed by atoms with Crippen LogP contribution in [0.5, 0.6) is 5.75 Å². The minimum absolute atomic E-state index is 0.0709. The van der Waals surface area contributed by atoms with E-state index in [0.29, 0.717) is 37.0 Å². The Morgan fingerprint density at radius 1 is 1.13 bits per heavy atom. The highest BCUT2D eigenvalue weighted by atomic mass is 16.5. The topological polar surface area (TPSA) is 97.6 Å². The summed E-state index contributed by atoms with van der Waals surface area (Å²) in [6, 6.07) is 19.0. The van der Waals surface area contributed by atoms with Gasteiger partial charge in [0.25, 0.3) is 5.91 Å². The first-order valence-corrected chi connectivity index (χ1v) is 9.76. The van der Waals surface area contributed by atoms with Crippen LogP contribution < -0.4 is 10.1 Å². The molecule has 4 rings (SSSR count). The standard InChI is InChI=1S/C22H22N4O4/c27-19(15-29-18-9-5-2-6-10-18)23-12-20-24-22(25-30-20)17-11-21(28)26(14-17)13-16-7-3-1-4-8-16/h1-10,17H,11-15H2,(H,23,27)/t17-/m0/s1. The quantitative estimate of drug-likeness (QED) is 0.616. The summed E-state index contributed by atoms with van der Waals surface area (Å²) >= 11 is 0. The fourth-order valence-corrected chi connectivity index (χ4v) is 3.30. The van der Waals surface area contributed by atoms with Gasteiger partial charge in [-0.25, -0.2) is 0 Å². The maximum atomic E-state index is 12.3. The lowest BCUT2D eigenvalue weighted by molar-refractivity contribution is -0.128. The predicted molar refractivity (Wildman–Crippen MR) is 107 cm³/mol. The molecule has 3 aromatic rings. The first-order chi connectivity index (χ1) is 14.7. The highest BCUT2D eigenvalue weighted by Gasteiger charge is 2.33. The van der Waals surface area contributed by atoms with E-state index >= 15 is 0 Å². The third-order valence-corrected chi connectivity index (χ3v) is 4.83. The Kier molecular flexibility index (Phi) is 6.03. The van der Waals surface area contributed by atoms with Crippen LogP contribution in [0.2, 0.25) is 0 Å². The molecule has 1 saturated heterocycles. The fraction of sp³-hybridized carbons (Fsp3) is 0.273. The molecule has 0 radical (unpaired) electrons. The molecule has 8 nitrogen and oxygen atoms in total. The number of aromatic nitrogens is 2. The Morgan fingerprint density at radius 2 is 1.87 bits per heavy atom. The predicted octanol–water partition coefficient (Wildman–Crippen LogP) is 2.28. The molecule has 1 fully saturated rings. The monoisotopic (exact) mass is 406 g/mol. The van der Waals surface area contributed by atoms with E-state index in [2.05, 4.69) is 15.5 Å². The normalized spacial score (nSPS) is 15.9. The van der Waals surface area contributed by atoms with E-state index in [1.807, 2.05) is 48.5 Å². The minimum Gasteiger partial charge on any atom is -0.484 e. The van der Waals surface area contributed by atoms with Crippen LogP contribution in [0.25, 0.3) is 0 Å². The van der Waals surface area contributed by atoms with Crippen LogP contribution in [0.15, 0.2) is 65.2 Å². The molecule has 0 saturated carbocycles. The Balaban J connectivity index is 1.26. The summed E-state index contributed by atoms with van der Waals surface area (Å²) in [4.78, 5) is 30.4. The van der Waals surface area contributed by atoms with E-state index in [1.165, 1.54) is 0 Å². The molecule has 154 valence electrons. The first-order valence-electron chi connectivity index (χ1n) is 9.76. The number of amides is 2. The zero-order valence-electron chi connectivity index (χ0n) is 16.4. The van der Waals surface area contributed by atoms with Crippen molar-refractivity contribution in [2.24, 2.45) is 0 Å². The van der Waals surface area contributed by atoms with Crippen LogP contribution in [-0.4, -0.2) is 40.0 Å². The largest absolute Gasteiger partial charge is 0.484 e. The van der Waals surface area contributed by atoms with Crippen molar-refractivity contribution in [1.29, 1.82) is 0 Å². The van der Waals surface area contributed by atoms with Gasteiger partial charge in [-0.3, -0.25) is 9.59 Å². The molecule has 0 aliphatic carbocycles. The van der Waals surface area contributed by atoms with Crippen LogP contribution in [0.3, 0.4) is 0 Å². The summed E-state index contributed by atoms with van der Waals surface area (Å²) in [5.41, 5.74) is 1.08. The summed E-state index contributed by atoms with van der Waals surface area (Å²) in [6.45, 7) is 1.12. The number of carbonyl (C=O) groups is 2. The SMILES string of the molecule is O=C(COc1ccccc1)NCc1nc([C@H]2CC(=O)N(Cc3ccccc3)C2)no1. The van der Waals surface area contributed by atoms with Gasteiger partial charge in [0.2, 0.25) is 11.8 Å². The van der Waals surface area contributed by atoms with Crippen molar-refractivity contribution in [1.82, 2.24) is 20.4 Å². The van der Waals surface area contributed by atoms with Crippen molar-refractivity contribution in [3.63, 3.8) is 0 Å². The highest BCUT2D eigenvalue weighted by molar-refractivity contribution is 5.79. The molecule has 1 N–H and O–H groups in total. The number of benzene rings is 2. The molecule has 1 aliphatic rings. The van der Waals surface area contributed by atoms with E-state index in [0.717, 1.165) is 5.56 Å². The molecular weight excluding hydrogens is 384 g/mol. The number of likely N-dealkylation sites (tertiary alicyclic amines) is 1. The Morgan fingerprint density at radius 3 is 2.63 bits per heavy atom. The summed E-state index contributed by atoms with van der Waals surface area (Å²) in [7, 11) is 0. The van der Waals surface area contributed by atoms with Crippen molar-refractivity contribution in [3.05, 3.63) is 77.9 Å². The third kappa shape index (κ3) is 5.02. The van der Waals surface area contributed by atoms with Gasteiger partial charge < -0.3 is 19.5 Å². The second-order valence-corrected chi connectivity index (χ2v) is 7.09. The van der Waals surface area contributed by atoms with Gasteiger partial charge >= 0.3 is 0 Å². The van der Waals surface area contributed by atoms with E-state index in [1.54, 1.807) is 17.0 Å². The second kappa shape index (κ2) is 9.21. The number of ether oxygens (including phenoxy) is 1. The van der Waals surface area contributed by atoms with Crippen molar-refractivity contribution in [2.45, 2.75) is 25.4 Å². The van der Waals surface area contributed by atoms with E-state index in [-0.39, 0.29) is 30.9 Å². The summed E-state index contributed by atoms with van der Waals surface area (Å²) < 4.78 is 10.6.